The van der Waals surface area contributed by atoms with E-state index in [9.17, 15) is 4.79 Å². The monoisotopic (exact) mass is 271 g/mol. The Morgan fingerprint density at radius 3 is 1.84 bits per heavy atom. The van der Waals surface area contributed by atoms with Gasteiger partial charge in [0, 0.05) is 30.7 Å². The van der Waals surface area contributed by atoms with Crippen molar-refractivity contribution in [3.05, 3.63) is 0 Å². The van der Waals surface area contributed by atoms with Crippen LogP contribution in [0.4, 0.5) is 0 Å². The molecule has 114 valence electrons. The quantitative estimate of drug-likeness (QED) is 0.744. The molecule has 0 unspecified atom stereocenters. The van der Waals surface area contributed by atoms with Crippen molar-refractivity contribution in [2.24, 2.45) is 11.1 Å². The summed E-state index contributed by atoms with van der Waals surface area (Å²) in [5.41, 5.74) is 4.96. The van der Waals surface area contributed by atoms with Gasteiger partial charge in [-0.05, 0) is 55.4 Å². The summed E-state index contributed by atoms with van der Waals surface area (Å²) in [4.78, 5) is 14.6. The molecule has 0 heterocycles. The molecule has 0 saturated heterocycles. The highest BCUT2D eigenvalue weighted by atomic mass is 16.2. The molecular formula is C15H33N3O. The number of carbonyl (C=O) groups excluding carboxylic acids is 1. The zero-order chi connectivity index (χ0) is 15.4. The molecular weight excluding hydrogens is 238 g/mol. The van der Waals surface area contributed by atoms with Gasteiger partial charge in [0.25, 0.3) is 0 Å². The van der Waals surface area contributed by atoms with Gasteiger partial charge in [-0.1, -0.05) is 0 Å². The molecule has 0 aromatic rings. The van der Waals surface area contributed by atoms with Gasteiger partial charge in [-0.2, -0.15) is 0 Å². The van der Waals surface area contributed by atoms with Crippen molar-refractivity contribution >= 4 is 5.91 Å². The smallest absolute Gasteiger partial charge is 0.227 e. The van der Waals surface area contributed by atoms with E-state index < -0.39 is 11.0 Å². The second kappa shape index (κ2) is 6.71. The molecule has 0 radical (unpaired) electrons. The van der Waals surface area contributed by atoms with Crippen molar-refractivity contribution in [3.63, 3.8) is 0 Å². The summed E-state index contributed by atoms with van der Waals surface area (Å²) in [6.45, 7) is 17.8. The molecule has 19 heavy (non-hydrogen) atoms. The van der Waals surface area contributed by atoms with Crippen LogP contribution >= 0.6 is 0 Å². The summed E-state index contributed by atoms with van der Waals surface area (Å²) in [6, 6.07) is 0.965. The largest absolute Gasteiger partial charge is 0.354 e. The topological polar surface area (TPSA) is 58.4 Å². The Bertz CT molecular complexity index is 282. The minimum Gasteiger partial charge on any atom is -0.354 e. The number of hydrogen-bond acceptors (Lipinski definition) is 3. The highest BCUT2D eigenvalue weighted by Gasteiger charge is 2.40. The van der Waals surface area contributed by atoms with E-state index in [0.29, 0.717) is 18.6 Å². The Labute approximate surface area is 119 Å². The molecule has 0 aliphatic rings. The first-order valence-corrected chi connectivity index (χ1v) is 7.24. The molecule has 4 heteroatoms. The molecule has 0 aromatic heterocycles. The lowest BCUT2D eigenvalue weighted by atomic mass is 9.74. The maximum Gasteiger partial charge on any atom is 0.227 e. The van der Waals surface area contributed by atoms with Gasteiger partial charge >= 0.3 is 0 Å². The highest BCUT2D eigenvalue weighted by molar-refractivity contribution is 5.83. The number of rotatable bonds is 7. The molecule has 0 bridgehead atoms. The maximum atomic E-state index is 12.2. The van der Waals surface area contributed by atoms with E-state index in [1.54, 1.807) is 0 Å². The number of amides is 1. The number of carbonyl (C=O) groups is 1. The summed E-state index contributed by atoms with van der Waals surface area (Å²) in [5.74, 6) is 0.0208. The van der Waals surface area contributed by atoms with Crippen molar-refractivity contribution in [3.8, 4) is 0 Å². The SMILES string of the molecule is CC(C)N(CCNC(=O)C(C)(C)C(C)(C)N)C(C)C. The van der Waals surface area contributed by atoms with Crippen LogP contribution in [0, 0.1) is 5.41 Å². The van der Waals surface area contributed by atoms with Crippen LogP contribution in [0.3, 0.4) is 0 Å². The van der Waals surface area contributed by atoms with Crippen LogP contribution in [-0.4, -0.2) is 41.5 Å². The maximum absolute atomic E-state index is 12.2. The van der Waals surface area contributed by atoms with E-state index in [1.165, 1.54) is 0 Å². The van der Waals surface area contributed by atoms with Crippen LogP contribution in [0.5, 0.6) is 0 Å². The predicted octanol–water partition coefficient (Wildman–Crippen LogP) is 1.98. The standard InChI is InChI=1S/C15H33N3O/c1-11(2)18(12(3)4)10-9-17-13(19)14(5,6)15(7,8)16/h11-12H,9-10,16H2,1-8H3,(H,17,19). The van der Waals surface area contributed by atoms with E-state index in [1.807, 2.05) is 27.7 Å². The van der Waals surface area contributed by atoms with Gasteiger partial charge in [-0.15, -0.1) is 0 Å². The molecule has 0 rings (SSSR count). The van der Waals surface area contributed by atoms with Crippen molar-refractivity contribution in [1.29, 1.82) is 0 Å². The molecule has 4 nitrogen and oxygen atoms in total. The van der Waals surface area contributed by atoms with Gasteiger partial charge in [0.15, 0.2) is 0 Å². The van der Waals surface area contributed by atoms with Gasteiger partial charge in [0.1, 0.15) is 0 Å². The van der Waals surface area contributed by atoms with Gasteiger partial charge in [0.2, 0.25) is 5.91 Å². The fraction of sp³-hybridized carbons (Fsp3) is 0.933. The molecule has 0 fully saturated rings. The average Bonchev–Trinajstić information content (AvgIpc) is 2.20. The van der Waals surface area contributed by atoms with Crippen molar-refractivity contribution < 1.29 is 4.79 Å². The summed E-state index contributed by atoms with van der Waals surface area (Å²) in [6.07, 6.45) is 0. The van der Waals surface area contributed by atoms with Gasteiger partial charge < -0.3 is 11.1 Å². The van der Waals surface area contributed by atoms with Gasteiger partial charge in [-0.3, -0.25) is 9.69 Å². The zero-order valence-corrected chi connectivity index (χ0v) is 14.0. The molecule has 1 amide bonds. The lowest BCUT2D eigenvalue weighted by Gasteiger charge is -2.37. The van der Waals surface area contributed by atoms with Gasteiger partial charge in [-0.25, -0.2) is 0 Å². The summed E-state index contributed by atoms with van der Waals surface area (Å²) < 4.78 is 0. The molecule has 0 saturated carbocycles. The summed E-state index contributed by atoms with van der Waals surface area (Å²) in [5, 5.41) is 3.01. The van der Waals surface area contributed by atoms with E-state index in [2.05, 4.69) is 37.9 Å². The Morgan fingerprint density at radius 2 is 1.53 bits per heavy atom. The Hall–Kier alpha value is -0.610. The fourth-order valence-electron chi connectivity index (χ4n) is 1.92. The molecule has 0 spiro atoms. The molecule has 0 aromatic carbocycles. The van der Waals surface area contributed by atoms with Crippen LogP contribution in [0.15, 0.2) is 0 Å². The third-order valence-corrected chi connectivity index (χ3v) is 4.16. The molecule has 0 aliphatic heterocycles. The summed E-state index contributed by atoms with van der Waals surface area (Å²) >= 11 is 0. The van der Waals surface area contributed by atoms with Crippen molar-refractivity contribution in [2.75, 3.05) is 13.1 Å². The third-order valence-electron chi connectivity index (χ3n) is 4.16. The van der Waals surface area contributed by atoms with Crippen molar-refractivity contribution in [2.45, 2.75) is 73.0 Å². The van der Waals surface area contributed by atoms with Crippen molar-refractivity contribution in [1.82, 2.24) is 10.2 Å². The second-order valence-electron chi connectivity index (χ2n) is 7.03. The van der Waals surface area contributed by atoms with E-state index >= 15 is 0 Å². The molecule has 0 aliphatic carbocycles. The fourth-order valence-corrected chi connectivity index (χ4v) is 1.92. The number of hydrogen-bond donors (Lipinski definition) is 2. The number of nitrogens with one attached hydrogen (secondary N) is 1. The first kappa shape index (κ1) is 18.4. The third kappa shape index (κ3) is 5.11. The first-order chi connectivity index (χ1) is 8.41. The minimum atomic E-state index is -0.576. The summed E-state index contributed by atoms with van der Waals surface area (Å²) in [7, 11) is 0. The zero-order valence-electron chi connectivity index (χ0n) is 14.0. The lowest BCUT2D eigenvalue weighted by molar-refractivity contribution is -0.132. The van der Waals surface area contributed by atoms with Crippen LogP contribution in [-0.2, 0) is 4.79 Å². The Balaban J connectivity index is 4.40. The van der Waals surface area contributed by atoms with E-state index in [4.69, 9.17) is 5.73 Å². The van der Waals surface area contributed by atoms with Crippen LogP contribution in [0.1, 0.15) is 55.4 Å². The predicted molar refractivity (Wildman–Crippen MR) is 82.0 cm³/mol. The van der Waals surface area contributed by atoms with E-state index in [0.717, 1.165) is 6.54 Å². The number of nitrogens with zero attached hydrogens (tertiary/aromatic N) is 1. The van der Waals surface area contributed by atoms with E-state index in [-0.39, 0.29) is 5.91 Å². The Morgan fingerprint density at radius 1 is 1.11 bits per heavy atom. The first-order valence-electron chi connectivity index (χ1n) is 7.24. The van der Waals surface area contributed by atoms with Crippen LogP contribution in [0.2, 0.25) is 0 Å². The lowest BCUT2D eigenvalue weighted by Crippen LogP contribution is -2.56. The van der Waals surface area contributed by atoms with Gasteiger partial charge in [0.05, 0.1) is 5.41 Å². The second-order valence-corrected chi connectivity index (χ2v) is 7.03. The normalized spacial score (nSPS) is 13.5. The van der Waals surface area contributed by atoms with Crippen LogP contribution in [0.25, 0.3) is 0 Å². The molecule has 0 atom stereocenters. The molecule has 3 N–H and O–H groups in total. The van der Waals surface area contributed by atoms with Crippen LogP contribution < -0.4 is 11.1 Å². The average molecular weight is 271 g/mol. The highest BCUT2D eigenvalue weighted by Crippen LogP contribution is 2.28. The number of nitrogens with two attached hydrogens (primary N) is 1. The minimum absolute atomic E-state index is 0.0208. The Kier molecular flexibility index (Phi) is 6.49.